The number of nitrogens with zero attached hydrogens (tertiary/aromatic N) is 3. The quantitative estimate of drug-likeness (QED) is 0.447. The van der Waals surface area contributed by atoms with Crippen LogP contribution in [0.2, 0.25) is 36.3 Å². The maximum Gasteiger partial charge on any atom is 0.293 e. The van der Waals surface area contributed by atoms with Crippen LogP contribution in [0.5, 0.6) is 0 Å². The average Bonchev–Trinajstić information content (AvgIpc) is 3.18. The van der Waals surface area contributed by atoms with Gasteiger partial charge in [-0.15, -0.1) is 0 Å². The van der Waals surface area contributed by atoms with Crippen molar-refractivity contribution in [2.75, 3.05) is 6.61 Å². The SMILES string of the molecule is CC(C)(C)[Si](C)(C)OC[C@H]1O[C@@H](n2c(F)nc3c(=O)[nH]cnc32)C[C@@H]1O[Si](C)(C)C(C)(C)C. The Morgan fingerprint density at radius 3 is 2.33 bits per heavy atom. The second-order valence-electron chi connectivity index (χ2n) is 12.0. The summed E-state index contributed by atoms with van der Waals surface area (Å²) in [7, 11) is -4.15. The van der Waals surface area contributed by atoms with E-state index >= 15 is 0 Å². The maximum atomic E-state index is 14.9. The van der Waals surface area contributed by atoms with Crippen LogP contribution < -0.4 is 5.56 Å². The van der Waals surface area contributed by atoms with Crippen LogP contribution in [0.15, 0.2) is 11.1 Å². The van der Waals surface area contributed by atoms with Gasteiger partial charge in [-0.05, 0) is 36.3 Å². The second-order valence-corrected chi connectivity index (χ2v) is 21.6. The molecule has 0 amide bonds. The van der Waals surface area contributed by atoms with Gasteiger partial charge in [-0.25, -0.2) is 4.98 Å². The number of ether oxygens (including phenoxy) is 1. The Hall–Kier alpha value is -1.41. The fraction of sp³-hybridized carbons (Fsp3) is 0.773. The highest BCUT2D eigenvalue weighted by Gasteiger charge is 2.47. The molecule has 0 unspecified atom stereocenters. The molecule has 3 rings (SSSR count). The summed E-state index contributed by atoms with van der Waals surface area (Å²) in [5, 5.41) is 0.0656. The number of aromatic amines is 1. The van der Waals surface area contributed by atoms with E-state index in [9.17, 15) is 9.18 Å². The van der Waals surface area contributed by atoms with Gasteiger partial charge in [0.25, 0.3) is 11.6 Å². The van der Waals surface area contributed by atoms with Gasteiger partial charge in [0, 0.05) is 6.42 Å². The predicted molar refractivity (Wildman–Crippen MR) is 132 cm³/mol. The van der Waals surface area contributed by atoms with Crippen LogP contribution >= 0.6 is 0 Å². The van der Waals surface area contributed by atoms with E-state index < -0.39 is 34.5 Å². The lowest BCUT2D eigenvalue weighted by molar-refractivity contribution is -0.0418. The Balaban J connectivity index is 1.93. The molecule has 0 aromatic carbocycles. The van der Waals surface area contributed by atoms with Gasteiger partial charge in [-0.3, -0.25) is 9.36 Å². The Morgan fingerprint density at radius 1 is 1.15 bits per heavy atom. The zero-order valence-electron chi connectivity index (χ0n) is 21.6. The van der Waals surface area contributed by atoms with E-state index in [0.29, 0.717) is 13.0 Å². The fourth-order valence-corrected chi connectivity index (χ4v) is 5.72. The maximum absolute atomic E-state index is 14.9. The molecular weight excluding hydrogens is 459 g/mol. The number of aromatic nitrogens is 4. The molecule has 33 heavy (non-hydrogen) atoms. The third kappa shape index (κ3) is 5.16. The van der Waals surface area contributed by atoms with Crippen LogP contribution in [0.25, 0.3) is 11.2 Å². The lowest BCUT2D eigenvalue weighted by Crippen LogP contribution is -2.48. The highest BCUT2D eigenvalue weighted by molar-refractivity contribution is 6.74. The summed E-state index contributed by atoms with van der Waals surface area (Å²) in [6, 6.07) is 0. The van der Waals surface area contributed by atoms with E-state index in [4.69, 9.17) is 13.6 Å². The van der Waals surface area contributed by atoms with E-state index in [1.165, 1.54) is 10.9 Å². The number of rotatable bonds is 6. The number of hydrogen-bond donors (Lipinski definition) is 1. The zero-order chi connectivity index (χ0) is 25.0. The summed E-state index contributed by atoms with van der Waals surface area (Å²) in [5.41, 5.74) is -0.359. The Morgan fingerprint density at radius 2 is 1.76 bits per heavy atom. The fourth-order valence-electron chi connectivity index (χ4n) is 3.34. The first-order valence-electron chi connectivity index (χ1n) is 11.5. The van der Waals surface area contributed by atoms with E-state index in [2.05, 4.69) is 82.7 Å². The van der Waals surface area contributed by atoms with Crippen LogP contribution in [-0.4, -0.2) is 55.0 Å². The Kier molecular flexibility index (Phi) is 6.88. The lowest BCUT2D eigenvalue weighted by Gasteiger charge is -2.40. The minimum Gasteiger partial charge on any atom is -0.414 e. The molecule has 186 valence electrons. The molecule has 0 radical (unpaired) electrons. The van der Waals surface area contributed by atoms with Crippen molar-refractivity contribution in [2.45, 2.75) is 103 Å². The molecule has 0 saturated carbocycles. The molecule has 1 saturated heterocycles. The van der Waals surface area contributed by atoms with Gasteiger partial charge < -0.3 is 18.6 Å². The molecule has 1 aliphatic rings. The molecule has 0 aliphatic carbocycles. The van der Waals surface area contributed by atoms with Gasteiger partial charge in [0.2, 0.25) is 0 Å². The van der Waals surface area contributed by atoms with Crippen molar-refractivity contribution in [2.24, 2.45) is 0 Å². The van der Waals surface area contributed by atoms with Gasteiger partial charge in [-0.1, -0.05) is 41.5 Å². The number of halogens is 1. The van der Waals surface area contributed by atoms with E-state index in [1.54, 1.807) is 0 Å². The third-order valence-corrected chi connectivity index (χ3v) is 16.6. The minimum absolute atomic E-state index is 0.0116. The van der Waals surface area contributed by atoms with Crippen molar-refractivity contribution >= 4 is 27.8 Å². The minimum atomic E-state index is -2.13. The summed E-state index contributed by atoms with van der Waals surface area (Å²) in [6.45, 7) is 22.3. The summed E-state index contributed by atoms with van der Waals surface area (Å²) in [5.74, 6) is 0. The second kappa shape index (κ2) is 8.67. The molecule has 2 aromatic heterocycles. The Bertz CT molecular complexity index is 1060. The molecule has 11 heteroatoms. The van der Waals surface area contributed by atoms with Gasteiger partial charge >= 0.3 is 0 Å². The molecule has 1 N–H and O–H groups in total. The summed E-state index contributed by atoms with van der Waals surface area (Å²) >= 11 is 0. The summed E-state index contributed by atoms with van der Waals surface area (Å²) < 4.78 is 35.7. The van der Waals surface area contributed by atoms with Gasteiger partial charge in [0.05, 0.1) is 19.0 Å². The third-order valence-electron chi connectivity index (χ3n) is 7.58. The van der Waals surface area contributed by atoms with Gasteiger partial charge in [0.15, 0.2) is 27.8 Å². The van der Waals surface area contributed by atoms with Crippen LogP contribution in [0.1, 0.15) is 54.2 Å². The van der Waals surface area contributed by atoms with E-state index in [-0.39, 0.29) is 33.4 Å². The van der Waals surface area contributed by atoms with Crippen molar-refractivity contribution in [3.63, 3.8) is 0 Å². The first-order chi connectivity index (χ1) is 14.9. The number of fused-ring (bicyclic) bond motifs is 1. The highest BCUT2D eigenvalue weighted by Crippen LogP contribution is 2.43. The summed E-state index contributed by atoms with van der Waals surface area (Å²) in [6.07, 6.45) is -0.437. The first kappa shape index (κ1) is 26.2. The smallest absolute Gasteiger partial charge is 0.293 e. The Labute approximate surface area is 197 Å². The zero-order valence-corrected chi connectivity index (χ0v) is 23.6. The normalized spacial score (nSPS) is 22.9. The topological polar surface area (TPSA) is 91.3 Å². The molecule has 3 atom stereocenters. The van der Waals surface area contributed by atoms with Crippen LogP contribution in [0, 0.1) is 6.08 Å². The van der Waals surface area contributed by atoms with Crippen LogP contribution in [-0.2, 0) is 13.6 Å². The van der Waals surface area contributed by atoms with E-state index in [1.807, 2.05) is 0 Å². The monoisotopic (exact) mass is 498 g/mol. The van der Waals surface area contributed by atoms with Crippen molar-refractivity contribution in [1.82, 2.24) is 19.5 Å². The van der Waals surface area contributed by atoms with Crippen molar-refractivity contribution < 1.29 is 18.0 Å². The van der Waals surface area contributed by atoms with Crippen LogP contribution in [0.4, 0.5) is 4.39 Å². The van der Waals surface area contributed by atoms with Gasteiger partial charge in [0.1, 0.15) is 12.3 Å². The highest BCUT2D eigenvalue weighted by atomic mass is 28.4. The number of nitrogens with one attached hydrogen (secondary N) is 1. The molecule has 3 heterocycles. The molecule has 0 bridgehead atoms. The van der Waals surface area contributed by atoms with Crippen molar-refractivity contribution in [3.8, 4) is 0 Å². The molecule has 8 nitrogen and oxygen atoms in total. The van der Waals surface area contributed by atoms with Gasteiger partial charge in [-0.2, -0.15) is 9.37 Å². The molecular formula is C22H39FN4O4Si2. The average molecular weight is 499 g/mol. The molecule has 1 aliphatic heterocycles. The first-order valence-corrected chi connectivity index (χ1v) is 17.3. The molecule has 0 spiro atoms. The molecule has 1 fully saturated rings. The lowest BCUT2D eigenvalue weighted by atomic mass is 10.2. The predicted octanol–water partition coefficient (Wildman–Crippen LogP) is 4.96. The molecule has 2 aromatic rings. The largest absolute Gasteiger partial charge is 0.414 e. The van der Waals surface area contributed by atoms with Crippen molar-refractivity contribution in [1.29, 1.82) is 0 Å². The number of H-pyrrole nitrogens is 1. The van der Waals surface area contributed by atoms with E-state index in [0.717, 1.165) is 0 Å². The standard InChI is InChI=1S/C22H39FN4O4Si2/c1-21(2,3)32(7,8)29-12-15-14(31-33(9,10)22(4,5)6)11-16(30-15)27-18-17(26-20(27)23)19(28)25-13-24-18/h13-16H,11-12H2,1-10H3,(H,24,25,28)/t14-,15+,16+/m0/s1. The summed E-state index contributed by atoms with van der Waals surface area (Å²) in [4.78, 5) is 22.5. The van der Waals surface area contributed by atoms with Crippen molar-refractivity contribution in [3.05, 3.63) is 22.8 Å². The number of imidazole rings is 1. The van der Waals surface area contributed by atoms with Crippen LogP contribution in [0.3, 0.4) is 0 Å². The number of hydrogen-bond acceptors (Lipinski definition) is 6.